The molecule has 0 atom stereocenters. The van der Waals surface area contributed by atoms with Gasteiger partial charge in [-0.15, -0.1) is 0 Å². The van der Waals surface area contributed by atoms with Crippen LogP contribution in [-0.2, 0) is 6.54 Å². The van der Waals surface area contributed by atoms with Gasteiger partial charge in [0.1, 0.15) is 5.82 Å². The molecule has 0 spiro atoms. The third-order valence-corrected chi connectivity index (χ3v) is 4.16. The van der Waals surface area contributed by atoms with Gasteiger partial charge >= 0.3 is 0 Å². The molecule has 1 heterocycles. The van der Waals surface area contributed by atoms with Gasteiger partial charge in [0, 0.05) is 19.1 Å². The summed E-state index contributed by atoms with van der Waals surface area (Å²) in [6.07, 6.45) is 6.65. The fourth-order valence-electron chi connectivity index (χ4n) is 3.00. The molecule has 20 heavy (non-hydrogen) atoms. The highest BCUT2D eigenvalue weighted by Gasteiger charge is 2.23. The van der Waals surface area contributed by atoms with E-state index in [1.165, 1.54) is 37.9 Å². The Balaban J connectivity index is 2.13. The van der Waals surface area contributed by atoms with E-state index < -0.39 is 0 Å². The van der Waals surface area contributed by atoms with Crippen LogP contribution in [0.25, 0.3) is 0 Å². The minimum atomic E-state index is 0.700. The van der Waals surface area contributed by atoms with Crippen molar-refractivity contribution < 1.29 is 0 Å². The number of hydrogen-bond donors (Lipinski definition) is 1. The molecule has 1 saturated carbocycles. The van der Waals surface area contributed by atoms with Crippen molar-refractivity contribution in [2.24, 2.45) is 5.92 Å². The molecule has 3 nitrogen and oxygen atoms in total. The predicted molar refractivity (Wildman–Crippen MR) is 86.1 cm³/mol. The van der Waals surface area contributed by atoms with Crippen molar-refractivity contribution in [1.29, 1.82) is 0 Å². The number of hydrogen-bond acceptors (Lipinski definition) is 3. The summed E-state index contributed by atoms with van der Waals surface area (Å²) in [7, 11) is 1.97. The lowest BCUT2D eigenvalue weighted by atomic mass is 10.1. The molecule has 3 heteroatoms. The molecule has 1 aliphatic carbocycles. The highest BCUT2D eigenvalue weighted by molar-refractivity contribution is 5.41. The lowest BCUT2D eigenvalue weighted by Crippen LogP contribution is -2.35. The van der Waals surface area contributed by atoms with Crippen molar-refractivity contribution in [1.82, 2.24) is 10.3 Å². The number of pyridine rings is 1. The number of anilines is 1. The molecule has 112 valence electrons. The summed E-state index contributed by atoms with van der Waals surface area (Å²) < 4.78 is 0. The van der Waals surface area contributed by atoms with Crippen molar-refractivity contribution in [3.05, 3.63) is 23.9 Å². The van der Waals surface area contributed by atoms with E-state index in [1.807, 2.05) is 7.05 Å². The molecule has 0 aromatic carbocycles. The molecule has 1 aliphatic rings. The first-order valence-electron chi connectivity index (χ1n) is 8.08. The van der Waals surface area contributed by atoms with Gasteiger partial charge in [0.25, 0.3) is 0 Å². The van der Waals surface area contributed by atoms with Crippen molar-refractivity contribution in [3.63, 3.8) is 0 Å². The minimum Gasteiger partial charge on any atom is -0.354 e. The zero-order valence-corrected chi connectivity index (χ0v) is 13.2. The van der Waals surface area contributed by atoms with Gasteiger partial charge in [0.2, 0.25) is 0 Å². The molecule has 0 aliphatic heterocycles. The van der Waals surface area contributed by atoms with Gasteiger partial charge in [0.05, 0.1) is 5.69 Å². The van der Waals surface area contributed by atoms with Crippen molar-refractivity contribution >= 4 is 5.82 Å². The SMILES string of the molecule is CNCc1cccc(N(CCC(C)C)C2CCCC2)n1. The Kier molecular flexibility index (Phi) is 5.84. The van der Waals surface area contributed by atoms with Crippen LogP contribution in [-0.4, -0.2) is 24.6 Å². The summed E-state index contributed by atoms with van der Waals surface area (Å²) in [6, 6.07) is 7.13. The van der Waals surface area contributed by atoms with E-state index in [9.17, 15) is 0 Å². The molecule has 0 bridgehead atoms. The molecule has 1 fully saturated rings. The fraction of sp³-hybridized carbons (Fsp3) is 0.706. The van der Waals surface area contributed by atoms with Gasteiger partial charge in [-0.1, -0.05) is 32.8 Å². The molecule has 0 saturated heterocycles. The second-order valence-electron chi connectivity index (χ2n) is 6.33. The Morgan fingerprint density at radius 1 is 1.30 bits per heavy atom. The van der Waals surface area contributed by atoms with Crippen LogP contribution in [0.2, 0.25) is 0 Å². The summed E-state index contributed by atoms with van der Waals surface area (Å²) >= 11 is 0. The van der Waals surface area contributed by atoms with Crippen LogP contribution in [0.1, 0.15) is 51.6 Å². The molecule has 1 N–H and O–H groups in total. The molecular formula is C17H29N3. The zero-order valence-electron chi connectivity index (χ0n) is 13.2. The number of rotatable bonds is 7. The van der Waals surface area contributed by atoms with E-state index in [0.29, 0.717) is 6.04 Å². The lowest BCUT2D eigenvalue weighted by molar-refractivity contribution is 0.524. The van der Waals surface area contributed by atoms with Crippen LogP contribution in [0.15, 0.2) is 18.2 Å². The van der Waals surface area contributed by atoms with Crippen LogP contribution >= 0.6 is 0 Å². The number of aromatic nitrogens is 1. The molecule has 0 amide bonds. The second kappa shape index (κ2) is 7.63. The van der Waals surface area contributed by atoms with Crippen molar-refractivity contribution in [2.75, 3.05) is 18.5 Å². The third kappa shape index (κ3) is 4.20. The predicted octanol–water partition coefficient (Wildman–Crippen LogP) is 3.60. The summed E-state index contributed by atoms with van der Waals surface area (Å²) in [6.45, 7) is 6.59. The molecular weight excluding hydrogens is 246 g/mol. The van der Waals surface area contributed by atoms with E-state index in [2.05, 4.69) is 42.3 Å². The lowest BCUT2D eigenvalue weighted by Gasteiger charge is -2.31. The average Bonchev–Trinajstić information content (AvgIpc) is 2.93. The first-order chi connectivity index (χ1) is 9.70. The standard InChI is InChI=1S/C17H29N3/c1-14(2)11-12-20(16-8-4-5-9-16)17-10-6-7-15(19-17)13-18-3/h6-7,10,14,16,18H,4-5,8-9,11-13H2,1-3H3. The monoisotopic (exact) mass is 275 g/mol. The molecule has 0 unspecified atom stereocenters. The maximum Gasteiger partial charge on any atom is 0.129 e. The van der Waals surface area contributed by atoms with Crippen LogP contribution in [0.3, 0.4) is 0 Å². The van der Waals surface area contributed by atoms with E-state index in [0.717, 1.165) is 24.7 Å². The maximum atomic E-state index is 4.85. The molecule has 2 rings (SSSR count). The highest BCUT2D eigenvalue weighted by atomic mass is 15.2. The Morgan fingerprint density at radius 2 is 2.05 bits per heavy atom. The van der Waals surface area contributed by atoms with Gasteiger partial charge in [-0.3, -0.25) is 0 Å². The Morgan fingerprint density at radius 3 is 2.70 bits per heavy atom. The van der Waals surface area contributed by atoms with Gasteiger partial charge in [-0.25, -0.2) is 4.98 Å². The summed E-state index contributed by atoms with van der Waals surface area (Å²) in [5, 5.41) is 3.19. The van der Waals surface area contributed by atoms with E-state index in [4.69, 9.17) is 4.98 Å². The van der Waals surface area contributed by atoms with Crippen molar-refractivity contribution in [3.8, 4) is 0 Å². The summed E-state index contributed by atoms with van der Waals surface area (Å²) in [5.41, 5.74) is 1.14. The summed E-state index contributed by atoms with van der Waals surface area (Å²) in [5.74, 6) is 1.92. The number of nitrogens with one attached hydrogen (secondary N) is 1. The van der Waals surface area contributed by atoms with Crippen LogP contribution in [0, 0.1) is 5.92 Å². The fourth-order valence-corrected chi connectivity index (χ4v) is 3.00. The van der Waals surface area contributed by atoms with Gasteiger partial charge in [-0.05, 0) is 44.4 Å². The number of nitrogens with zero attached hydrogens (tertiary/aromatic N) is 2. The highest BCUT2D eigenvalue weighted by Crippen LogP contribution is 2.28. The molecule has 1 aromatic heterocycles. The first kappa shape index (κ1) is 15.3. The summed E-state index contributed by atoms with van der Waals surface area (Å²) in [4.78, 5) is 7.41. The Hall–Kier alpha value is -1.09. The Bertz CT molecular complexity index is 397. The zero-order chi connectivity index (χ0) is 14.4. The van der Waals surface area contributed by atoms with E-state index in [-0.39, 0.29) is 0 Å². The van der Waals surface area contributed by atoms with Crippen LogP contribution < -0.4 is 10.2 Å². The molecule has 0 radical (unpaired) electrons. The maximum absolute atomic E-state index is 4.85. The smallest absolute Gasteiger partial charge is 0.129 e. The van der Waals surface area contributed by atoms with Crippen LogP contribution in [0.5, 0.6) is 0 Å². The van der Waals surface area contributed by atoms with E-state index >= 15 is 0 Å². The quantitative estimate of drug-likeness (QED) is 0.824. The van der Waals surface area contributed by atoms with E-state index in [1.54, 1.807) is 0 Å². The second-order valence-corrected chi connectivity index (χ2v) is 6.33. The van der Waals surface area contributed by atoms with Gasteiger partial charge in [-0.2, -0.15) is 0 Å². The topological polar surface area (TPSA) is 28.2 Å². The van der Waals surface area contributed by atoms with Gasteiger partial charge < -0.3 is 10.2 Å². The normalized spacial score (nSPS) is 16.0. The van der Waals surface area contributed by atoms with Crippen LogP contribution in [0.4, 0.5) is 5.82 Å². The largest absolute Gasteiger partial charge is 0.354 e. The molecule has 1 aromatic rings. The minimum absolute atomic E-state index is 0.700. The van der Waals surface area contributed by atoms with Gasteiger partial charge in [0.15, 0.2) is 0 Å². The van der Waals surface area contributed by atoms with Crippen molar-refractivity contribution in [2.45, 2.75) is 58.5 Å². The Labute approximate surface area is 123 Å². The average molecular weight is 275 g/mol. The first-order valence-corrected chi connectivity index (χ1v) is 8.08. The third-order valence-electron chi connectivity index (χ3n) is 4.16.